The van der Waals surface area contributed by atoms with Crippen molar-refractivity contribution in [3.05, 3.63) is 46.5 Å². The van der Waals surface area contributed by atoms with E-state index in [1.165, 1.54) is 11.3 Å². The molecule has 0 radical (unpaired) electrons. The van der Waals surface area contributed by atoms with Crippen molar-refractivity contribution >= 4 is 29.0 Å². The van der Waals surface area contributed by atoms with Crippen molar-refractivity contribution in [2.45, 2.75) is 18.6 Å². The molecule has 1 aliphatic heterocycles. The second-order valence-electron chi connectivity index (χ2n) is 5.31. The van der Waals surface area contributed by atoms with Crippen LogP contribution < -0.4 is 0 Å². The number of amides is 1. The van der Waals surface area contributed by atoms with Crippen molar-refractivity contribution in [1.82, 2.24) is 4.90 Å². The number of thioether (sulfide) groups is 1. The van der Waals surface area contributed by atoms with Crippen LogP contribution in [0.5, 0.6) is 0 Å². The molecule has 0 aromatic carbocycles. The Labute approximate surface area is 133 Å². The number of hydrogen-bond acceptors (Lipinski definition) is 4. The van der Waals surface area contributed by atoms with E-state index < -0.39 is 0 Å². The van der Waals surface area contributed by atoms with Gasteiger partial charge in [-0.25, -0.2) is 0 Å². The summed E-state index contributed by atoms with van der Waals surface area (Å²) < 4.78 is 5.34. The first kappa shape index (κ1) is 14.7. The van der Waals surface area contributed by atoms with Gasteiger partial charge >= 0.3 is 0 Å². The molecule has 0 spiro atoms. The second-order valence-corrected chi connectivity index (χ2v) is 7.29. The van der Waals surface area contributed by atoms with Gasteiger partial charge in [0, 0.05) is 13.1 Å². The Hall–Kier alpha value is -1.20. The molecule has 2 aromatic heterocycles. The van der Waals surface area contributed by atoms with Crippen LogP contribution in [-0.2, 0) is 5.75 Å². The predicted molar refractivity (Wildman–Crippen MR) is 87.8 cm³/mol. The van der Waals surface area contributed by atoms with E-state index in [0.717, 1.165) is 54.0 Å². The quantitative estimate of drug-likeness (QED) is 0.830. The highest BCUT2D eigenvalue weighted by Crippen LogP contribution is 2.25. The van der Waals surface area contributed by atoms with Crippen LogP contribution in [0.25, 0.3) is 0 Å². The van der Waals surface area contributed by atoms with E-state index in [-0.39, 0.29) is 5.91 Å². The molecule has 5 heteroatoms. The fourth-order valence-electron chi connectivity index (χ4n) is 2.58. The van der Waals surface area contributed by atoms with Crippen LogP contribution in [0.3, 0.4) is 0 Å². The number of nitrogens with zero attached hydrogens (tertiary/aromatic N) is 1. The number of hydrogen-bond donors (Lipinski definition) is 0. The van der Waals surface area contributed by atoms with E-state index in [4.69, 9.17) is 4.42 Å². The average molecular weight is 321 g/mol. The van der Waals surface area contributed by atoms with Crippen LogP contribution in [0.4, 0.5) is 0 Å². The summed E-state index contributed by atoms with van der Waals surface area (Å²) in [6, 6.07) is 7.81. The van der Waals surface area contributed by atoms with Crippen molar-refractivity contribution in [2.24, 2.45) is 5.92 Å². The molecule has 0 aliphatic carbocycles. The Balaban J connectivity index is 1.40. The van der Waals surface area contributed by atoms with Gasteiger partial charge in [-0.2, -0.15) is 11.8 Å². The normalized spacial score (nSPS) is 16.3. The smallest absolute Gasteiger partial charge is 0.263 e. The van der Waals surface area contributed by atoms with Gasteiger partial charge in [-0.3, -0.25) is 4.79 Å². The fraction of sp³-hybridized carbons (Fsp3) is 0.438. The maximum Gasteiger partial charge on any atom is 0.263 e. The third-order valence-corrected chi connectivity index (χ3v) is 5.87. The number of carbonyl (C=O) groups is 1. The van der Waals surface area contributed by atoms with E-state index in [2.05, 4.69) is 0 Å². The lowest BCUT2D eigenvalue weighted by molar-refractivity contribution is 0.0703. The van der Waals surface area contributed by atoms with Crippen molar-refractivity contribution in [2.75, 3.05) is 18.8 Å². The van der Waals surface area contributed by atoms with Crippen LogP contribution in [-0.4, -0.2) is 29.6 Å². The highest BCUT2D eigenvalue weighted by Gasteiger charge is 2.23. The molecule has 3 rings (SSSR count). The zero-order valence-electron chi connectivity index (χ0n) is 11.9. The SMILES string of the molecule is O=C(c1cccs1)N1CCC(CSCc2ccco2)CC1. The molecule has 3 heterocycles. The Kier molecular flexibility index (Phi) is 5.04. The first-order valence-corrected chi connectivity index (χ1v) is 9.29. The Morgan fingerprint density at radius 2 is 2.19 bits per heavy atom. The van der Waals surface area contributed by atoms with Gasteiger partial charge < -0.3 is 9.32 Å². The number of rotatable bonds is 5. The zero-order chi connectivity index (χ0) is 14.5. The summed E-state index contributed by atoms with van der Waals surface area (Å²) in [7, 11) is 0. The summed E-state index contributed by atoms with van der Waals surface area (Å²) in [5.41, 5.74) is 0. The second kappa shape index (κ2) is 7.18. The third kappa shape index (κ3) is 3.92. The van der Waals surface area contributed by atoms with Crippen LogP contribution >= 0.6 is 23.1 Å². The lowest BCUT2D eigenvalue weighted by Crippen LogP contribution is -2.38. The number of likely N-dealkylation sites (tertiary alicyclic amines) is 1. The van der Waals surface area contributed by atoms with Crippen LogP contribution in [0.15, 0.2) is 40.3 Å². The summed E-state index contributed by atoms with van der Waals surface area (Å²) in [5, 5.41) is 1.96. The molecule has 3 nitrogen and oxygen atoms in total. The number of piperidine rings is 1. The van der Waals surface area contributed by atoms with Crippen molar-refractivity contribution in [3.63, 3.8) is 0 Å². The molecule has 0 unspecified atom stereocenters. The first-order chi connectivity index (χ1) is 10.3. The first-order valence-electron chi connectivity index (χ1n) is 7.26. The average Bonchev–Trinajstić information content (AvgIpc) is 3.21. The minimum atomic E-state index is 0.201. The summed E-state index contributed by atoms with van der Waals surface area (Å²) in [5.74, 6) is 4.07. The predicted octanol–water partition coefficient (Wildman–Crippen LogP) is 4.13. The van der Waals surface area contributed by atoms with Gasteiger partial charge in [0.1, 0.15) is 5.76 Å². The number of carbonyl (C=O) groups excluding carboxylic acids is 1. The summed E-state index contributed by atoms with van der Waals surface area (Å²) in [6.07, 6.45) is 3.95. The largest absolute Gasteiger partial charge is 0.468 e. The van der Waals surface area contributed by atoms with E-state index in [9.17, 15) is 4.79 Å². The number of thiophene rings is 1. The van der Waals surface area contributed by atoms with Crippen LogP contribution in [0.1, 0.15) is 28.3 Å². The van der Waals surface area contributed by atoms with Gasteiger partial charge in [0.25, 0.3) is 5.91 Å². The molecular formula is C16H19NO2S2. The molecule has 112 valence electrons. The summed E-state index contributed by atoms with van der Waals surface area (Å²) in [4.78, 5) is 15.1. The maximum atomic E-state index is 12.3. The van der Waals surface area contributed by atoms with Crippen molar-refractivity contribution < 1.29 is 9.21 Å². The van der Waals surface area contributed by atoms with E-state index in [1.807, 2.05) is 46.3 Å². The highest BCUT2D eigenvalue weighted by molar-refractivity contribution is 7.98. The molecule has 2 aromatic rings. The number of furan rings is 1. The maximum absolute atomic E-state index is 12.3. The molecule has 1 aliphatic rings. The van der Waals surface area contributed by atoms with E-state index >= 15 is 0 Å². The molecular weight excluding hydrogens is 302 g/mol. The summed E-state index contributed by atoms with van der Waals surface area (Å²) >= 11 is 3.46. The molecule has 1 saturated heterocycles. The van der Waals surface area contributed by atoms with Gasteiger partial charge in [-0.15, -0.1) is 11.3 Å². The highest BCUT2D eigenvalue weighted by atomic mass is 32.2. The van der Waals surface area contributed by atoms with Gasteiger partial charge in [0.2, 0.25) is 0 Å². The van der Waals surface area contributed by atoms with Gasteiger partial charge in [0.15, 0.2) is 0 Å². The van der Waals surface area contributed by atoms with Gasteiger partial charge in [-0.1, -0.05) is 6.07 Å². The Morgan fingerprint density at radius 1 is 1.33 bits per heavy atom. The van der Waals surface area contributed by atoms with Crippen LogP contribution in [0, 0.1) is 5.92 Å². The molecule has 0 saturated carbocycles. The molecule has 1 amide bonds. The standard InChI is InChI=1S/C16H19NO2S2/c18-16(15-4-2-10-21-15)17-7-5-13(6-8-17)11-20-12-14-3-1-9-19-14/h1-4,9-10,13H,5-8,11-12H2. The van der Waals surface area contributed by atoms with Crippen LogP contribution in [0.2, 0.25) is 0 Å². The summed E-state index contributed by atoms with van der Waals surface area (Å²) in [6.45, 7) is 1.78. The van der Waals surface area contributed by atoms with Crippen molar-refractivity contribution in [3.8, 4) is 0 Å². The van der Waals surface area contributed by atoms with E-state index in [1.54, 1.807) is 6.26 Å². The van der Waals surface area contributed by atoms with Crippen molar-refractivity contribution in [1.29, 1.82) is 0 Å². The molecule has 1 fully saturated rings. The zero-order valence-corrected chi connectivity index (χ0v) is 13.5. The minimum Gasteiger partial charge on any atom is -0.468 e. The fourth-order valence-corrected chi connectivity index (χ4v) is 4.42. The van der Waals surface area contributed by atoms with E-state index in [0.29, 0.717) is 0 Å². The van der Waals surface area contributed by atoms with Gasteiger partial charge in [0.05, 0.1) is 16.9 Å². The molecule has 0 N–H and O–H groups in total. The minimum absolute atomic E-state index is 0.201. The molecule has 0 bridgehead atoms. The topological polar surface area (TPSA) is 33.5 Å². The lowest BCUT2D eigenvalue weighted by atomic mass is 9.99. The molecule has 21 heavy (non-hydrogen) atoms. The third-order valence-electron chi connectivity index (χ3n) is 3.81. The van der Waals surface area contributed by atoms with Gasteiger partial charge in [-0.05, 0) is 48.1 Å². The molecule has 0 atom stereocenters. The monoisotopic (exact) mass is 321 g/mol. The Morgan fingerprint density at radius 3 is 2.86 bits per heavy atom. The lowest BCUT2D eigenvalue weighted by Gasteiger charge is -2.31. The Bertz CT molecular complexity index is 543.